The molecular formula is C60H41NO2. The van der Waals surface area contributed by atoms with Crippen LogP contribution >= 0.6 is 0 Å². The number of allylic oxidation sites excluding steroid dienone is 2. The molecule has 2 atom stereocenters. The number of rotatable bonds is 8. The molecule has 0 radical (unpaired) electrons. The third kappa shape index (κ3) is 6.63. The fourth-order valence-electron chi connectivity index (χ4n) is 9.44. The Labute approximate surface area is 367 Å². The van der Waals surface area contributed by atoms with Crippen molar-refractivity contribution in [2.75, 3.05) is 4.90 Å². The highest BCUT2D eigenvalue weighted by Gasteiger charge is 2.33. The number of hydrogen-bond acceptors (Lipinski definition) is 3. The molecule has 63 heavy (non-hydrogen) atoms. The minimum Gasteiger partial charge on any atom is -0.484 e. The highest BCUT2D eigenvalue weighted by Crippen LogP contribution is 2.47. The summed E-state index contributed by atoms with van der Waals surface area (Å²) in [7, 11) is 0. The molecule has 0 saturated carbocycles. The number of para-hydroxylation sites is 3. The molecular weight excluding hydrogens is 767 g/mol. The molecule has 0 bridgehead atoms. The Bertz CT molecular complexity index is 3320. The summed E-state index contributed by atoms with van der Waals surface area (Å²) in [5, 5.41) is 2.28. The van der Waals surface area contributed by atoms with E-state index >= 15 is 0 Å². The molecule has 1 aliphatic carbocycles. The number of furan rings is 1. The van der Waals surface area contributed by atoms with Crippen LogP contribution in [0, 0.1) is 0 Å². The van der Waals surface area contributed by atoms with Crippen LogP contribution in [-0.4, -0.2) is 6.10 Å². The first-order valence-corrected chi connectivity index (χ1v) is 21.6. The maximum absolute atomic E-state index is 6.47. The Morgan fingerprint density at radius 3 is 1.43 bits per heavy atom. The minimum atomic E-state index is 0.0674. The van der Waals surface area contributed by atoms with E-state index in [1.54, 1.807) is 0 Å². The van der Waals surface area contributed by atoms with Crippen molar-refractivity contribution < 1.29 is 9.15 Å². The highest BCUT2D eigenvalue weighted by atomic mass is 16.5. The Kier molecular flexibility index (Phi) is 8.97. The van der Waals surface area contributed by atoms with Crippen molar-refractivity contribution in [3.05, 3.63) is 242 Å². The van der Waals surface area contributed by atoms with Crippen LogP contribution in [0.25, 0.3) is 77.6 Å². The number of fused-ring (bicyclic) bond motifs is 6. The van der Waals surface area contributed by atoms with Gasteiger partial charge in [0, 0.05) is 50.4 Å². The SMILES string of the molecule is C1=CC2Oc3c(-c4ccc(-c5ccc(N(c6ccc(-c7ccccc7)cc6)c6ccc(-c7ccc(-c8cccc9c8oc8ccccc89)cc7)cc6)cc5)cc4)cccc3C2C=C1. The van der Waals surface area contributed by atoms with Crippen LogP contribution in [0.15, 0.2) is 241 Å². The summed E-state index contributed by atoms with van der Waals surface area (Å²) in [6, 6.07) is 76.0. The van der Waals surface area contributed by atoms with E-state index in [2.05, 4.69) is 229 Å². The Hall–Kier alpha value is -8.14. The van der Waals surface area contributed by atoms with Gasteiger partial charge in [-0.25, -0.2) is 0 Å². The highest BCUT2D eigenvalue weighted by molar-refractivity contribution is 6.09. The Morgan fingerprint density at radius 2 is 0.810 bits per heavy atom. The zero-order valence-corrected chi connectivity index (χ0v) is 34.4. The smallest absolute Gasteiger partial charge is 0.143 e. The van der Waals surface area contributed by atoms with Gasteiger partial charge in [0.1, 0.15) is 23.0 Å². The third-order valence-corrected chi connectivity index (χ3v) is 12.7. The summed E-state index contributed by atoms with van der Waals surface area (Å²) in [6.07, 6.45) is 8.67. The lowest BCUT2D eigenvalue weighted by molar-refractivity contribution is 0.270. The molecule has 2 aliphatic rings. The van der Waals surface area contributed by atoms with Crippen LogP contribution in [0.3, 0.4) is 0 Å². The van der Waals surface area contributed by atoms with E-state index < -0.39 is 0 Å². The Balaban J connectivity index is 0.837. The molecule has 298 valence electrons. The predicted octanol–water partition coefficient (Wildman–Crippen LogP) is 16.4. The average molecular weight is 808 g/mol. The number of ether oxygens (including phenoxy) is 1. The van der Waals surface area contributed by atoms with Crippen molar-refractivity contribution in [3.63, 3.8) is 0 Å². The van der Waals surface area contributed by atoms with Crippen LogP contribution in [0.1, 0.15) is 11.5 Å². The van der Waals surface area contributed by atoms with E-state index in [0.717, 1.165) is 83.7 Å². The number of hydrogen-bond donors (Lipinski definition) is 0. The molecule has 2 unspecified atom stereocenters. The first-order valence-electron chi connectivity index (χ1n) is 21.6. The zero-order valence-electron chi connectivity index (χ0n) is 34.4. The molecule has 3 nitrogen and oxygen atoms in total. The van der Waals surface area contributed by atoms with E-state index in [1.807, 2.05) is 12.1 Å². The molecule has 12 rings (SSSR count). The van der Waals surface area contributed by atoms with Gasteiger partial charge in [0.25, 0.3) is 0 Å². The average Bonchev–Trinajstić information content (AvgIpc) is 3.94. The van der Waals surface area contributed by atoms with Gasteiger partial charge >= 0.3 is 0 Å². The van der Waals surface area contributed by atoms with Crippen LogP contribution in [0.2, 0.25) is 0 Å². The maximum Gasteiger partial charge on any atom is 0.143 e. The second-order valence-corrected chi connectivity index (χ2v) is 16.4. The monoisotopic (exact) mass is 807 g/mol. The fourth-order valence-corrected chi connectivity index (χ4v) is 9.44. The molecule has 1 aliphatic heterocycles. The lowest BCUT2D eigenvalue weighted by Gasteiger charge is -2.26. The molecule has 3 heteroatoms. The third-order valence-electron chi connectivity index (χ3n) is 12.7. The molecule has 10 aromatic rings. The summed E-state index contributed by atoms with van der Waals surface area (Å²) >= 11 is 0. The summed E-state index contributed by atoms with van der Waals surface area (Å²) in [4.78, 5) is 2.33. The standard InChI is InChI=1S/C60H41NO2/c1-2-10-40(11-3-1)43-28-34-48(35-29-43)61(49-36-30-44(31-37-49)41-20-24-46(25-21-41)51-14-8-16-55-53-12-4-6-18-57(53)62-59(51)55)50-38-32-45(33-39-50)42-22-26-47(27-23-42)52-15-9-17-56-54-13-5-7-19-58(54)63-60(52)56/h1-39,53,57H. The van der Waals surface area contributed by atoms with E-state index in [-0.39, 0.29) is 12.0 Å². The lowest BCUT2D eigenvalue weighted by atomic mass is 9.90. The van der Waals surface area contributed by atoms with Gasteiger partial charge in [-0.05, 0) is 93.0 Å². The van der Waals surface area contributed by atoms with Crippen LogP contribution < -0.4 is 9.64 Å². The van der Waals surface area contributed by atoms with Crippen molar-refractivity contribution >= 4 is 39.0 Å². The maximum atomic E-state index is 6.47. The van der Waals surface area contributed by atoms with E-state index in [0.29, 0.717) is 0 Å². The van der Waals surface area contributed by atoms with Crippen molar-refractivity contribution in [1.29, 1.82) is 0 Å². The second kappa shape index (κ2) is 15.4. The van der Waals surface area contributed by atoms with Crippen molar-refractivity contribution in [2.24, 2.45) is 0 Å². The molecule has 0 saturated heterocycles. The van der Waals surface area contributed by atoms with Gasteiger partial charge in [0.2, 0.25) is 0 Å². The van der Waals surface area contributed by atoms with Gasteiger partial charge in [-0.1, -0.05) is 188 Å². The molecule has 0 amide bonds. The van der Waals surface area contributed by atoms with Crippen LogP contribution in [0.4, 0.5) is 17.1 Å². The van der Waals surface area contributed by atoms with Gasteiger partial charge in [0.05, 0.1) is 0 Å². The summed E-state index contributed by atoms with van der Waals surface area (Å²) in [5.41, 5.74) is 17.9. The topological polar surface area (TPSA) is 25.6 Å². The van der Waals surface area contributed by atoms with Gasteiger partial charge in [-0.15, -0.1) is 0 Å². The fraction of sp³-hybridized carbons (Fsp3) is 0.0333. The summed E-state index contributed by atoms with van der Waals surface area (Å²) < 4.78 is 12.8. The van der Waals surface area contributed by atoms with E-state index in [1.165, 1.54) is 22.3 Å². The summed E-state index contributed by atoms with van der Waals surface area (Å²) in [5.74, 6) is 1.27. The first kappa shape index (κ1) is 36.7. The first-order chi connectivity index (χ1) is 31.2. The normalized spacial score (nSPS) is 15.0. The molecule has 0 fully saturated rings. The van der Waals surface area contributed by atoms with Gasteiger partial charge < -0.3 is 14.1 Å². The number of anilines is 3. The predicted molar refractivity (Wildman–Crippen MR) is 261 cm³/mol. The van der Waals surface area contributed by atoms with E-state index in [4.69, 9.17) is 9.15 Å². The second-order valence-electron chi connectivity index (χ2n) is 16.4. The molecule has 0 spiro atoms. The van der Waals surface area contributed by atoms with Crippen molar-refractivity contribution in [1.82, 2.24) is 0 Å². The minimum absolute atomic E-state index is 0.0674. The molecule has 2 heterocycles. The van der Waals surface area contributed by atoms with Crippen LogP contribution in [0.5, 0.6) is 5.75 Å². The van der Waals surface area contributed by atoms with Gasteiger partial charge in [0.15, 0.2) is 0 Å². The molecule has 0 N–H and O–H groups in total. The molecule has 9 aromatic carbocycles. The van der Waals surface area contributed by atoms with Crippen molar-refractivity contribution in [3.8, 4) is 61.4 Å². The zero-order chi connectivity index (χ0) is 41.7. The molecule has 1 aromatic heterocycles. The van der Waals surface area contributed by atoms with Crippen LogP contribution in [-0.2, 0) is 0 Å². The largest absolute Gasteiger partial charge is 0.484 e. The van der Waals surface area contributed by atoms with Crippen molar-refractivity contribution in [2.45, 2.75) is 12.0 Å². The van der Waals surface area contributed by atoms with Gasteiger partial charge in [-0.3, -0.25) is 0 Å². The lowest BCUT2D eigenvalue weighted by Crippen LogP contribution is -2.15. The Morgan fingerprint density at radius 1 is 0.349 bits per heavy atom. The van der Waals surface area contributed by atoms with Gasteiger partial charge in [-0.2, -0.15) is 0 Å². The van der Waals surface area contributed by atoms with E-state index in [9.17, 15) is 0 Å². The number of benzene rings is 9. The summed E-state index contributed by atoms with van der Waals surface area (Å²) in [6.45, 7) is 0. The number of nitrogens with zero attached hydrogens (tertiary/aromatic N) is 1. The quantitative estimate of drug-likeness (QED) is 0.153.